The fraction of sp³-hybridized carbons (Fsp3) is 0.500. The summed E-state index contributed by atoms with van der Waals surface area (Å²) in [6.45, 7) is 2.14. The van der Waals surface area contributed by atoms with E-state index in [1.165, 1.54) is 48.6 Å². The Morgan fingerprint density at radius 2 is 2.06 bits per heavy atom. The lowest BCUT2D eigenvalue weighted by Crippen LogP contribution is -2.04. The number of H-pyrrole nitrogens is 1. The molecular weight excluding hydrogens is 196 g/mol. The maximum absolute atomic E-state index is 4.52. The summed E-state index contributed by atoms with van der Waals surface area (Å²) in [7, 11) is 0. The Morgan fingerprint density at radius 3 is 2.88 bits per heavy atom. The van der Waals surface area contributed by atoms with Crippen molar-refractivity contribution in [2.24, 2.45) is 0 Å². The lowest BCUT2D eigenvalue weighted by Gasteiger charge is -2.21. The highest BCUT2D eigenvalue weighted by atomic mass is 14.8. The van der Waals surface area contributed by atoms with Gasteiger partial charge in [0, 0.05) is 17.8 Å². The molecule has 1 fully saturated rings. The molecule has 1 aliphatic rings. The maximum atomic E-state index is 4.52. The highest BCUT2D eigenvalue weighted by Crippen LogP contribution is 2.33. The van der Waals surface area contributed by atoms with E-state index >= 15 is 0 Å². The van der Waals surface area contributed by atoms with Gasteiger partial charge < -0.3 is 4.98 Å². The van der Waals surface area contributed by atoms with E-state index in [-0.39, 0.29) is 0 Å². The van der Waals surface area contributed by atoms with Crippen molar-refractivity contribution in [2.75, 3.05) is 0 Å². The number of fused-ring (bicyclic) bond motifs is 1. The summed E-state index contributed by atoms with van der Waals surface area (Å²) in [5.74, 6) is 0.750. The third-order valence-electron chi connectivity index (χ3n) is 3.84. The number of rotatable bonds is 1. The van der Waals surface area contributed by atoms with Crippen molar-refractivity contribution in [1.29, 1.82) is 0 Å². The topological polar surface area (TPSA) is 28.7 Å². The lowest BCUT2D eigenvalue weighted by atomic mass is 9.84. The molecule has 0 unspecified atom stereocenters. The Labute approximate surface area is 96.1 Å². The zero-order chi connectivity index (χ0) is 11.0. The highest BCUT2D eigenvalue weighted by molar-refractivity contribution is 5.79. The van der Waals surface area contributed by atoms with Gasteiger partial charge in [0.2, 0.25) is 0 Å². The second-order valence-electron chi connectivity index (χ2n) is 4.97. The molecule has 1 N–H and O–H groups in total. The van der Waals surface area contributed by atoms with Crippen molar-refractivity contribution in [2.45, 2.75) is 44.9 Å². The number of aromatic amines is 1. The molecule has 1 aliphatic carbocycles. The fourth-order valence-corrected chi connectivity index (χ4v) is 2.81. The van der Waals surface area contributed by atoms with E-state index in [0.717, 1.165) is 11.6 Å². The van der Waals surface area contributed by atoms with Gasteiger partial charge in [0.05, 0.1) is 0 Å². The van der Waals surface area contributed by atoms with Gasteiger partial charge in [-0.05, 0) is 42.9 Å². The third kappa shape index (κ3) is 1.62. The lowest BCUT2D eigenvalue weighted by molar-refractivity contribution is 0.443. The minimum Gasteiger partial charge on any atom is -0.346 e. The first-order valence-electron chi connectivity index (χ1n) is 6.28. The minimum absolute atomic E-state index is 0.750. The molecule has 0 aromatic carbocycles. The van der Waals surface area contributed by atoms with Gasteiger partial charge in [-0.1, -0.05) is 19.3 Å². The van der Waals surface area contributed by atoms with Crippen LogP contribution in [0, 0.1) is 6.92 Å². The van der Waals surface area contributed by atoms with Gasteiger partial charge in [0.15, 0.2) is 0 Å². The Bertz CT molecular complexity index is 492. The van der Waals surface area contributed by atoms with Crippen molar-refractivity contribution < 1.29 is 0 Å². The van der Waals surface area contributed by atoms with E-state index in [1.54, 1.807) is 0 Å². The summed E-state index contributed by atoms with van der Waals surface area (Å²) in [6.07, 6.45) is 11.0. The zero-order valence-electron chi connectivity index (χ0n) is 9.79. The van der Waals surface area contributed by atoms with Crippen LogP contribution in [0.15, 0.2) is 18.5 Å². The molecule has 2 aromatic rings. The average molecular weight is 214 g/mol. The summed E-state index contributed by atoms with van der Waals surface area (Å²) >= 11 is 0. The number of pyridine rings is 1. The Kier molecular flexibility index (Phi) is 2.43. The molecule has 2 aromatic heterocycles. The number of hydrogen-bond acceptors (Lipinski definition) is 1. The van der Waals surface area contributed by atoms with Crippen LogP contribution in [0.3, 0.4) is 0 Å². The van der Waals surface area contributed by atoms with Crippen molar-refractivity contribution in [3.8, 4) is 0 Å². The molecule has 0 spiro atoms. The summed E-state index contributed by atoms with van der Waals surface area (Å²) in [6, 6.07) is 2.34. The molecule has 1 saturated carbocycles. The van der Waals surface area contributed by atoms with Crippen LogP contribution in [-0.2, 0) is 0 Å². The molecule has 3 rings (SSSR count). The van der Waals surface area contributed by atoms with E-state index in [9.17, 15) is 0 Å². The molecule has 2 heterocycles. The van der Waals surface area contributed by atoms with E-state index in [1.807, 2.05) is 6.20 Å². The van der Waals surface area contributed by atoms with Crippen molar-refractivity contribution >= 4 is 11.0 Å². The van der Waals surface area contributed by atoms with E-state index in [4.69, 9.17) is 0 Å². The van der Waals surface area contributed by atoms with Crippen LogP contribution >= 0.6 is 0 Å². The summed E-state index contributed by atoms with van der Waals surface area (Å²) in [5.41, 5.74) is 3.77. The monoisotopic (exact) mass is 214 g/mol. The molecular formula is C14H18N2. The SMILES string of the molecule is Cc1c[nH]c2ncc(C3CCCCC3)cc12. The predicted molar refractivity (Wildman–Crippen MR) is 66.7 cm³/mol. The second-order valence-corrected chi connectivity index (χ2v) is 4.97. The first-order valence-corrected chi connectivity index (χ1v) is 6.28. The van der Waals surface area contributed by atoms with Crippen LogP contribution in [0.5, 0.6) is 0 Å². The van der Waals surface area contributed by atoms with Crippen molar-refractivity contribution in [1.82, 2.24) is 9.97 Å². The number of aryl methyl sites for hydroxylation is 1. The van der Waals surface area contributed by atoms with Gasteiger partial charge in [-0.25, -0.2) is 4.98 Å². The van der Waals surface area contributed by atoms with Gasteiger partial charge in [-0.15, -0.1) is 0 Å². The van der Waals surface area contributed by atoms with Gasteiger partial charge in [0.25, 0.3) is 0 Å². The number of aromatic nitrogens is 2. The second kappa shape index (κ2) is 3.93. The quantitative estimate of drug-likeness (QED) is 0.765. The molecule has 0 amide bonds. The molecule has 2 nitrogen and oxygen atoms in total. The largest absolute Gasteiger partial charge is 0.346 e. The van der Waals surface area contributed by atoms with E-state index in [0.29, 0.717) is 0 Å². The van der Waals surface area contributed by atoms with Gasteiger partial charge >= 0.3 is 0 Å². The van der Waals surface area contributed by atoms with Crippen LogP contribution in [0.1, 0.15) is 49.1 Å². The smallest absolute Gasteiger partial charge is 0.137 e. The molecule has 0 saturated heterocycles. The predicted octanol–water partition coefficient (Wildman–Crippen LogP) is 3.92. The Morgan fingerprint density at radius 1 is 1.25 bits per heavy atom. The first-order chi connectivity index (χ1) is 7.84. The zero-order valence-corrected chi connectivity index (χ0v) is 9.79. The standard InChI is InChI=1S/C14H18N2/c1-10-8-15-14-13(10)7-12(9-16-14)11-5-3-2-4-6-11/h7-9,11H,2-6H2,1H3,(H,15,16). The van der Waals surface area contributed by atoms with Crippen molar-refractivity contribution in [3.05, 3.63) is 29.6 Å². The van der Waals surface area contributed by atoms with Gasteiger partial charge in [-0.3, -0.25) is 0 Å². The maximum Gasteiger partial charge on any atom is 0.137 e. The third-order valence-corrected chi connectivity index (χ3v) is 3.84. The number of nitrogens with one attached hydrogen (secondary N) is 1. The molecule has 0 bridgehead atoms. The summed E-state index contributed by atoms with van der Waals surface area (Å²) < 4.78 is 0. The fourth-order valence-electron chi connectivity index (χ4n) is 2.81. The first kappa shape index (κ1) is 9.88. The Hall–Kier alpha value is -1.31. The molecule has 0 atom stereocenters. The summed E-state index contributed by atoms with van der Waals surface area (Å²) in [4.78, 5) is 7.73. The molecule has 0 aliphatic heterocycles. The Balaban J connectivity index is 1.99. The van der Waals surface area contributed by atoms with Crippen LogP contribution < -0.4 is 0 Å². The van der Waals surface area contributed by atoms with Crippen molar-refractivity contribution in [3.63, 3.8) is 0 Å². The van der Waals surface area contributed by atoms with Crippen LogP contribution in [-0.4, -0.2) is 9.97 Å². The van der Waals surface area contributed by atoms with E-state index in [2.05, 4.69) is 29.2 Å². The number of hydrogen-bond donors (Lipinski definition) is 1. The summed E-state index contributed by atoms with van der Waals surface area (Å²) in [5, 5.41) is 1.29. The average Bonchev–Trinajstić information content (AvgIpc) is 2.72. The van der Waals surface area contributed by atoms with Gasteiger partial charge in [-0.2, -0.15) is 0 Å². The molecule has 16 heavy (non-hydrogen) atoms. The number of nitrogens with zero attached hydrogens (tertiary/aromatic N) is 1. The molecule has 84 valence electrons. The minimum atomic E-state index is 0.750. The highest BCUT2D eigenvalue weighted by Gasteiger charge is 2.16. The molecule has 0 radical (unpaired) electrons. The van der Waals surface area contributed by atoms with E-state index < -0.39 is 0 Å². The van der Waals surface area contributed by atoms with Crippen LogP contribution in [0.4, 0.5) is 0 Å². The van der Waals surface area contributed by atoms with Crippen LogP contribution in [0.25, 0.3) is 11.0 Å². The normalized spacial score (nSPS) is 18.1. The van der Waals surface area contributed by atoms with Crippen LogP contribution in [0.2, 0.25) is 0 Å². The van der Waals surface area contributed by atoms with Gasteiger partial charge in [0.1, 0.15) is 5.65 Å². The molecule has 2 heteroatoms.